The topological polar surface area (TPSA) is 9.23 Å². The molecular formula is C18H26O. The maximum Gasteiger partial charge on any atom is 0.119 e. The Balaban J connectivity index is 2.18. The molecule has 1 aromatic rings. The van der Waals surface area contributed by atoms with Crippen molar-refractivity contribution in [3.63, 3.8) is 0 Å². The fourth-order valence-corrected chi connectivity index (χ4v) is 2.91. The SMILES string of the molecule is COc1cccc(C2=CCC(C(C)(C)C)CCC2)c1. The van der Waals surface area contributed by atoms with Gasteiger partial charge in [-0.05, 0) is 60.3 Å². The first-order valence-corrected chi connectivity index (χ1v) is 7.34. The van der Waals surface area contributed by atoms with Crippen LogP contribution in [0.25, 0.3) is 5.57 Å². The van der Waals surface area contributed by atoms with Gasteiger partial charge in [-0.1, -0.05) is 39.0 Å². The average Bonchev–Trinajstić information content (AvgIpc) is 2.64. The van der Waals surface area contributed by atoms with E-state index in [2.05, 4.69) is 45.0 Å². The van der Waals surface area contributed by atoms with Crippen LogP contribution in [0.4, 0.5) is 0 Å². The maximum atomic E-state index is 5.33. The quantitative estimate of drug-likeness (QED) is 0.698. The number of benzene rings is 1. The Bertz CT molecular complexity index is 451. The van der Waals surface area contributed by atoms with Gasteiger partial charge in [0.2, 0.25) is 0 Å². The Morgan fingerprint density at radius 1 is 1.21 bits per heavy atom. The monoisotopic (exact) mass is 258 g/mol. The van der Waals surface area contributed by atoms with Gasteiger partial charge in [-0.15, -0.1) is 0 Å². The number of hydrogen-bond acceptors (Lipinski definition) is 1. The summed E-state index contributed by atoms with van der Waals surface area (Å²) in [4.78, 5) is 0. The van der Waals surface area contributed by atoms with E-state index in [1.807, 2.05) is 6.07 Å². The minimum absolute atomic E-state index is 0.417. The molecule has 0 aromatic heterocycles. The normalized spacial score (nSPS) is 20.6. The molecule has 1 aliphatic rings. The van der Waals surface area contributed by atoms with Gasteiger partial charge in [0, 0.05) is 0 Å². The van der Waals surface area contributed by atoms with Crippen LogP contribution < -0.4 is 4.74 Å². The highest BCUT2D eigenvalue weighted by Crippen LogP contribution is 2.38. The third-order valence-electron chi connectivity index (χ3n) is 4.31. The van der Waals surface area contributed by atoms with Crippen LogP contribution in [0.15, 0.2) is 30.3 Å². The summed E-state index contributed by atoms with van der Waals surface area (Å²) in [5.74, 6) is 1.76. The molecule has 0 radical (unpaired) electrons. The standard InChI is InChI=1S/C18H26O/c1-18(2,3)16-9-5-7-14(11-12-16)15-8-6-10-17(13-15)19-4/h6,8,10-11,13,16H,5,7,9,12H2,1-4H3. The van der Waals surface area contributed by atoms with Crippen molar-refractivity contribution < 1.29 is 4.74 Å². The number of methoxy groups -OCH3 is 1. The van der Waals surface area contributed by atoms with Crippen molar-refractivity contribution in [2.24, 2.45) is 11.3 Å². The lowest BCUT2D eigenvalue weighted by Crippen LogP contribution is -2.19. The molecule has 1 aliphatic carbocycles. The summed E-state index contributed by atoms with van der Waals surface area (Å²) in [6, 6.07) is 8.45. The molecule has 0 N–H and O–H groups in total. The van der Waals surface area contributed by atoms with Gasteiger partial charge >= 0.3 is 0 Å². The number of hydrogen-bond donors (Lipinski definition) is 0. The summed E-state index contributed by atoms with van der Waals surface area (Å²) >= 11 is 0. The first-order valence-electron chi connectivity index (χ1n) is 7.34. The zero-order valence-electron chi connectivity index (χ0n) is 12.7. The molecule has 1 atom stereocenters. The van der Waals surface area contributed by atoms with Crippen LogP contribution >= 0.6 is 0 Å². The summed E-state index contributed by atoms with van der Waals surface area (Å²) in [5.41, 5.74) is 3.24. The Labute approximate surface area is 117 Å². The first-order chi connectivity index (χ1) is 9.00. The Kier molecular flexibility index (Phi) is 4.34. The minimum Gasteiger partial charge on any atom is -0.497 e. The van der Waals surface area contributed by atoms with Crippen LogP contribution in [0.1, 0.15) is 52.0 Å². The zero-order chi connectivity index (χ0) is 13.9. The van der Waals surface area contributed by atoms with Crippen molar-refractivity contribution in [2.45, 2.75) is 46.5 Å². The van der Waals surface area contributed by atoms with Gasteiger partial charge in [0.05, 0.1) is 7.11 Å². The van der Waals surface area contributed by atoms with Crippen molar-refractivity contribution in [1.82, 2.24) is 0 Å². The van der Waals surface area contributed by atoms with Crippen LogP contribution in [-0.4, -0.2) is 7.11 Å². The number of rotatable bonds is 2. The van der Waals surface area contributed by atoms with E-state index in [4.69, 9.17) is 4.74 Å². The van der Waals surface area contributed by atoms with Gasteiger partial charge in [0.1, 0.15) is 5.75 Å². The van der Waals surface area contributed by atoms with Crippen LogP contribution in [0, 0.1) is 11.3 Å². The molecule has 0 saturated heterocycles. The largest absolute Gasteiger partial charge is 0.497 e. The van der Waals surface area contributed by atoms with E-state index in [-0.39, 0.29) is 0 Å². The van der Waals surface area contributed by atoms with E-state index in [0.29, 0.717) is 5.41 Å². The third kappa shape index (κ3) is 3.62. The lowest BCUT2D eigenvalue weighted by atomic mass is 9.77. The van der Waals surface area contributed by atoms with E-state index in [0.717, 1.165) is 11.7 Å². The van der Waals surface area contributed by atoms with Gasteiger partial charge < -0.3 is 4.74 Å². The van der Waals surface area contributed by atoms with Crippen LogP contribution in [0.2, 0.25) is 0 Å². The van der Waals surface area contributed by atoms with Crippen molar-refractivity contribution in [2.75, 3.05) is 7.11 Å². The van der Waals surface area contributed by atoms with Crippen molar-refractivity contribution in [3.8, 4) is 5.75 Å². The molecule has 0 amide bonds. The van der Waals surface area contributed by atoms with E-state index < -0.39 is 0 Å². The number of ether oxygens (including phenoxy) is 1. The molecule has 19 heavy (non-hydrogen) atoms. The molecule has 104 valence electrons. The number of allylic oxidation sites excluding steroid dienone is 2. The second-order valence-electron chi connectivity index (χ2n) is 6.65. The highest BCUT2D eigenvalue weighted by Gasteiger charge is 2.25. The summed E-state index contributed by atoms with van der Waals surface area (Å²) in [5, 5.41) is 0. The second kappa shape index (κ2) is 5.81. The summed E-state index contributed by atoms with van der Waals surface area (Å²) in [6.07, 6.45) is 7.49. The molecule has 2 rings (SSSR count). The molecule has 1 nitrogen and oxygen atoms in total. The van der Waals surface area contributed by atoms with E-state index >= 15 is 0 Å². The smallest absolute Gasteiger partial charge is 0.119 e. The average molecular weight is 258 g/mol. The van der Waals surface area contributed by atoms with E-state index in [9.17, 15) is 0 Å². The lowest BCUT2D eigenvalue weighted by molar-refractivity contribution is 0.227. The Hall–Kier alpha value is -1.24. The van der Waals surface area contributed by atoms with Gasteiger partial charge in [0.25, 0.3) is 0 Å². The minimum atomic E-state index is 0.417. The highest BCUT2D eigenvalue weighted by atomic mass is 16.5. The van der Waals surface area contributed by atoms with Crippen LogP contribution in [0.3, 0.4) is 0 Å². The molecule has 0 bridgehead atoms. The van der Waals surface area contributed by atoms with E-state index in [1.54, 1.807) is 7.11 Å². The molecule has 0 aliphatic heterocycles. The second-order valence-corrected chi connectivity index (χ2v) is 6.65. The lowest BCUT2D eigenvalue weighted by Gasteiger charge is -2.29. The van der Waals surface area contributed by atoms with Crippen molar-refractivity contribution in [1.29, 1.82) is 0 Å². The molecule has 0 fully saturated rings. The molecule has 1 unspecified atom stereocenters. The molecule has 1 heteroatoms. The van der Waals surface area contributed by atoms with Crippen LogP contribution in [0.5, 0.6) is 5.75 Å². The molecule has 0 saturated carbocycles. The first kappa shape index (κ1) is 14.2. The third-order valence-corrected chi connectivity index (χ3v) is 4.31. The predicted octanol–water partition coefficient (Wildman–Crippen LogP) is 5.31. The molecular weight excluding hydrogens is 232 g/mol. The Morgan fingerprint density at radius 3 is 2.68 bits per heavy atom. The Morgan fingerprint density at radius 2 is 2.00 bits per heavy atom. The fraction of sp³-hybridized carbons (Fsp3) is 0.556. The highest BCUT2D eigenvalue weighted by molar-refractivity contribution is 5.66. The fourth-order valence-electron chi connectivity index (χ4n) is 2.91. The summed E-state index contributed by atoms with van der Waals surface area (Å²) in [7, 11) is 1.73. The maximum absolute atomic E-state index is 5.33. The molecule has 0 spiro atoms. The molecule has 0 heterocycles. The van der Waals surface area contributed by atoms with Crippen LogP contribution in [-0.2, 0) is 0 Å². The van der Waals surface area contributed by atoms with Gasteiger partial charge in [-0.3, -0.25) is 0 Å². The van der Waals surface area contributed by atoms with Gasteiger partial charge in [-0.2, -0.15) is 0 Å². The summed E-state index contributed by atoms with van der Waals surface area (Å²) < 4.78 is 5.33. The van der Waals surface area contributed by atoms with Crippen molar-refractivity contribution in [3.05, 3.63) is 35.9 Å². The molecule has 1 aromatic carbocycles. The van der Waals surface area contributed by atoms with Gasteiger partial charge in [0.15, 0.2) is 0 Å². The van der Waals surface area contributed by atoms with Gasteiger partial charge in [-0.25, -0.2) is 0 Å². The van der Waals surface area contributed by atoms with Crippen molar-refractivity contribution >= 4 is 5.57 Å². The predicted molar refractivity (Wildman–Crippen MR) is 82.4 cm³/mol. The van der Waals surface area contributed by atoms with E-state index in [1.165, 1.54) is 36.8 Å². The zero-order valence-corrected chi connectivity index (χ0v) is 12.7. The summed E-state index contributed by atoms with van der Waals surface area (Å²) in [6.45, 7) is 7.09.